The number of nitrogens with one attached hydrogen (secondary N) is 1. The van der Waals surface area contributed by atoms with Gasteiger partial charge in [0.25, 0.3) is 5.56 Å². The summed E-state index contributed by atoms with van der Waals surface area (Å²) in [5.74, 6) is 1.89. The fourth-order valence-corrected chi connectivity index (χ4v) is 6.46. The van der Waals surface area contributed by atoms with Gasteiger partial charge in [-0.05, 0) is 52.8 Å². The van der Waals surface area contributed by atoms with Gasteiger partial charge in [0.15, 0.2) is 0 Å². The summed E-state index contributed by atoms with van der Waals surface area (Å²) >= 11 is 11.3. The summed E-state index contributed by atoms with van der Waals surface area (Å²) in [6, 6.07) is 6.90. The van der Waals surface area contributed by atoms with Gasteiger partial charge in [0.2, 0.25) is 0 Å². The maximum absolute atomic E-state index is 13.5. The predicted molar refractivity (Wildman–Crippen MR) is 152 cm³/mol. The van der Waals surface area contributed by atoms with Crippen LogP contribution in [-0.2, 0) is 11.4 Å². The molecule has 2 atom stereocenters. The Hall–Kier alpha value is -2.30. The number of halogens is 2. The highest BCUT2D eigenvalue weighted by molar-refractivity contribution is 7.90. The first-order valence-corrected chi connectivity index (χ1v) is 14.4. The van der Waals surface area contributed by atoms with Gasteiger partial charge in [-0.1, -0.05) is 29.3 Å². The molecule has 1 spiro atoms. The number of ether oxygens (including phenoxy) is 1. The first kappa shape index (κ1) is 27.3. The highest BCUT2D eigenvalue weighted by Gasteiger charge is 2.53. The van der Waals surface area contributed by atoms with Crippen molar-refractivity contribution in [2.45, 2.75) is 63.9 Å². The third-order valence-electron chi connectivity index (χ3n) is 7.28. The van der Waals surface area contributed by atoms with Crippen LogP contribution in [0.2, 0.25) is 10.0 Å². The molecule has 0 saturated carbocycles. The molecule has 2 aliphatic heterocycles. The second-order valence-electron chi connectivity index (χ2n) is 10.8. The van der Waals surface area contributed by atoms with Crippen molar-refractivity contribution in [2.24, 2.45) is 0 Å². The number of pyridine rings is 1. The van der Waals surface area contributed by atoms with E-state index in [1.165, 1.54) is 4.57 Å². The lowest BCUT2D eigenvalue weighted by Gasteiger charge is -2.43. The van der Waals surface area contributed by atoms with Gasteiger partial charge in [-0.15, -0.1) is 4.72 Å². The SMILES string of the molecule is Cc1c(N2CCC3(CC2)Oc2cnccc2[C@@H]3N[S@@+]([O-])C(C)(C)C)nc(C)n(-c2cccc(Cl)c2Cl)c1=O. The zero-order chi connectivity index (χ0) is 27.4. The molecule has 0 bridgehead atoms. The average Bonchev–Trinajstić information content (AvgIpc) is 3.16. The molecule has 2 aliphatic rings. The smallest absolute Gasteiger partial charge is 0.263 e. The molecule has 8 nitrogen and oxygen atoms in total. The van der Waals surface area contributed by atoms with Crippen molar-refractivity contribution in [2.75, 3.05) is 18.0 Å². The molecule has 4 heterocycles. The average molecular weight is 577 g/mol. The van der Waals surface area contributed by atoms with Gasteiger partial charge >= 0.3 is 0 Å². The molecule has 1 saturated heterocycles. The third-order valence-corrected chi connectivity index (χ3v) is 9.65. The predicted octanol–water partition coefficient (Wildman–Crippen LogP) is 5.08. The molecule has 0 aliphatic carbocycles. The summed E-state index contributed by atoms with van der Waals surface area (Å²) in [6.45, 7) is 10.7. The van der Waals surface area contributed by atoms with Crippen LogP contribution in [0.4, 0.5) is 5.82 Å². The van der Waals surface area contributed by atoms with Crippen LogP contribution in [0.15, 0.2) is 41.5 Å². The highest BCUT2D eigenvalue weighted by atomic mass is 35.5. The van der Waals surface area contributed by atoms with Crippen LogP contribution in [0.3, 0.4) is 0 Å². The number of benzene rings is 1. The molecule has 0 radical (unpaired) electrons. The minimum Gasteiger partial charge on any atom is -0.598 e. The van der Waals surface area contributed by atoms with Crippen LogP contribution in [0.25, 0.3) is 5.69 Å². The van der Waals surface area contributed by atoms with Crippen molar-refractivity contribution in [1.82, 2.24) is 19.3 Å². The van der Waals surface area contributed by atoms with Gasteiger partial charge in [-0.3, -0.25) is 14.3 Å². The highest BCUT2D eigenvalue weighted by Crippen LogP contribution is 2.49. The van der Waals surface area contributed by atoms with Crippen molar-refractivity contribution < 1.29 is 9.29 Å². The van der Waals surface area contributed by atoms with E-state index < -0.39 is 21.7 Å². The lowest BCUT2D eigenvalue weighted by atomic mass is 9.83. The lowest BCUT2D eigenvalue weighted by Crippen LogP contribution is -2.55. The van der Waals surface area contributed by atoms with Crippen molar-refractivity contribution in [3.63, 3.8) is 0 Å². The van der Waals surface area contributed by atoms with Gasteiger partial charge in [0, 0.05) is 49.1 Å². The standard InChI is InChI=1S/C27H31Cl2N5O3S/c1-16-24(31-17(2)34(25(16)35)20-8-6-7-19(28)22(20)29)33-13-10-27(11-14-33)23(32-38(36)26(3,4)5)18-9-12-30-15-21(18)37-27/h6-9,12,15,23,32H,10-11,13-14H2,1-5H3/t23-,38-/m0/s1. The number of aryl methyl sites for hydroxylation is 1. The number of hydrogen-bond acceptors (Lipinski definition) is 7. The summed E-state index contributed by atoms with van der Waals surface area (Å²) in [5, 5.41) is 0.689. The number of nitrogens with zero attached hydrogens (tertiary/aromatic N) is 4. The normalized spacial score (nSPS) is 19.4. The molecule has 2 aromatic heterocycles. The molecule has 38 heavy (non-hydrogen) atoms. The molecule has 0 unspecified atom stereocenters. The number of rotatable bonds is 4. The molecular weight excluding hydrogens is 545 g/mol. The van der Waals surface area contributed by atoms with E-state index in [0.717, 1.165) is 11.3 Å². The summed E-state index contributed by atoms with van der Waals surface area (Å²) in [4.78, 5) is 24.7. The molecule has 3 aromatic rings. The lowest BCUT2D eigenvalue weighted by molar-refractivity contribution is 0.0377. The van der Waals surface area contributed by atoms with Gasteiger partial charge in [-0.2, -0.15) is 0 Å². The van der Waals surface area contributed by atoms with E-state index in [-0.39, 0.29) is 11.6 Å². The van der Waals surface area contributed by atoms with Crippen LogP contribution in [0, 0.1) is 13.8 Å². The molecule has 1 N–H and O–H groups in total. The van der Waals surface area contributed by atoms with Crippen molar-refractivity contribution >= 4 is 40.4 Å². The van der Waals surface area contributed by atoms with Crippen molar-refractivity contribution in [3.05, 3.63) is 74.0 Å². The number of hydrogen-bond donors (Lipinski definition) is 1. The largest absolute Gasteiger partial charge is 0.598 e. The Morgan fingerprint density at radius 2 is 1.89 bits per heavy atom. The topological polar surface area (TPSA) is 95.3 Å². The Labute approximate surface area is 235 Å². The van der Waals surface area contributed by atoms with Crippen LogP contribution >= 0.6 is 23.2 Å². The zero-order valence-electron chi connectivity index (χ0n) is 22.0. The first-order valence-electron chi connectivity index (χ1n) is 12.5. The molecule has 0 amide bonds. The Bertz CT molecular complexity index is 1430. The molecule has 1 aromatic carbocycles. The molecule has 1 fully saturated rings. The quantitative estimate of drug-likeness (QED) is 0.433. The summed E-state index contributed by atoms with van der Waals surface area (Å²) in [5.41, 5.74) is 1.25. The molecule has 5 rings (SSSR count). The van der Waals surface area contributed by atoms with Crippen molar-refractivity contribution in [3.8, 4) is 11.4 Å². The fraction of sp³-hybridized carbons (Fsp3) is 0.444. The van der Waals surface area contributed by atoms with Gasteiger partial charge in [0.1, 0.15) is 33.8 Å². The Morgan fingerprint density at radius 3 is 2.58 bits per heavy atom. The van der Waals surface area contributed by atoms with Gasteiger partial charge < -0.3 is 14.2 Å². The van der Waals surface area contributed by atoms with E-state index >= 15 is 0 Å². The maximum atomic E-state index is 13.5. The van der Waals surface area contributed by atoms with Crippen molar-refractivity contribution in [1.29, 1.82) is 0 Å². The second kappa shape index (κ2) is 10.0. The summed E-state index contributed by atoms with van der Waals surface area (Å²) < 4.78 is 24.1. The first-order chi connectivity index (χ1) is 17.9. The minimum atomic E-state index is -1.28. The van der Waals surface area contributed by atoms with Crippen LogP contribution < -0.4 is 19.9 Å². The fourth-order valence-electron chi connectivity index (χ4n) is 5.17. The van der Waals surface area contributed by atoms with E-state index in [1.807, 2.05) is 26.8 Å². The van der Waals surface area contributed by atoms with Crippen LogP contribution in [0.5, 0.6) is 5.75 Å². The minimum absolute atomic E-state index is 0.187. The van der Waals surface area contributed by atoms with E-state index in [1.54, 1.807) is 44.4 Å². The molecular formula is C27H31Cl2N5O3S. The third kappa shape index (κ3) is 4.69. The number of aromatic nitrogens is 3. The van der Waals surface area contributed by atoms with Crippen LogP contribution in [0.1, 0.15) is 56.6 Å². The Balaban J connectivity index is 1.43. The number of fused-ring (bicyclic) bond motifs is 1. The number of piperidine rings is 1. The number of anilines is 1. The second-order valence-corrected chi connectivity index (χ2v) is 13.6. The van der Waals surface area contributed by atoms with Gasteiger partial charge in [0.05, 0.1) is 27.5 Å². The summed E-state index contributed by atoms with van der Waals surface area (Å²) in [6.07, 6.45) is 4.78. The van der Waals surface area contributed by atoms with E-state index in [2.05, 4.69) is 14.6 Å². The monoisotopic (exact) mass is 575 g/mol. The summed E-state index contributed by atoms with van der Waals surface area (Å²) in [7, 11) is 0. The zero-order valence-corrected chi connectivity index (χ0v) is 24.4. The Kier molecular flexibility index (Phi) is 7.19. The van der Waals surface area contributed by atoms with E-state index in [0.29, 0.717) is 58.9 Å². The maximum Gasteiger partial charge on any atom is 0.263 e. The van der Waals surface area contributed by atoms with E-state index in [4.69, 9.17) is 32.9 Å². The van der Waals surface area contributed by atoms with Crippen LogP contribution in [-0.4, -0.2) is 42.5 Å². The molecule has 11 heteroatoms. The van der Waals surface area contributed by atoms with E-state index in [9.17, 15) is 9.35 Å². The molecule has 202 valence electrons. The Morgan fingerprint density at radius 1 is 1.18 bits per heavy atom. The van der Waals surface area contributed by atoms with Gasteiger partial charge in [-0.25, -0.2) is 4.98 Å².